The lowest BCUT2D eigenvalue weighted by Gasteiger charge is -2.21. The fraction of sp³-hybridized carbons (Fsp3) is 0.318. The fourth-order valence-electron chi connectivity index (χ4n) is 2.98. The zero-order chi connectivity index (χ0) is 18.9. The SMILES string of the molecule is CCCN(CCc1nc(-c2ccccc2)no1)C(=O)CCc1ccccc1. The molecule has 0 N–H and O–H groups in total. The van der Waals surface area contributed by atoms with E-state index in [9.17, 15) is 4.79 Å². The molecular weight excluding hydrogens is 338 g/mol. The highest BCUT2D eigenvalue weighted by Crippen LogP contribution is 2.15. The van der Waals surface area contributed by atoms with Gasteiger partial charge in [-0.05, 0) is 18.4 Å². The lowest BCUT2D eigenvalue weighted by molar-refractivity contribution is -0.131. The molecule has 1 heterocycles. The van der Waals surface area contributed by atoms with Crippen LogP contribution in [0.15, 0.2) is 65.2 Å². The first-order valence-electron chi connectivity index (χ1n) is 9.46. The van der Waals surface area contributed by atoms with E-state index in [2.05, 4.69) is 29.2 Å². The lowest BCUT2D eigenvalue weighted by atomic mass is 10.1. The van der Waals surface area contributed by atoms with E-state index in [0.29, 0.717) is 31.1 Å². The van der Waals surface area contributed by atoms with Gasteiger partial charge in [-0.3, -0.25) is 4.79 Å². The molecule has 3 aromatic rings. The molecular formula is C22H25N3O2. The molecule has 0 saturated heterocycles. The molecule has 27 heavy (non-hydrogen) atoms. The second-order valence-electron chi connectivity index (χ2n) is 6.49. The van der Waals surface area contributed by atoms with E-state index in [1.165, 1.54) is 5.56 Å². The van der Waals surface area contributed by atoms with Crippen molar-refractivity contribution in [3.8, 4) is 11.4 Å². The number of amides is 1. The standard InChI is InChI=1S/C22H25N3O2/c1-2-16-25(21(26)14-13-18-9-5-3-6-10-18)17-15-20-23-22(24-27-20)19-11-7-4-8-12-19/h3-12H,2,13-17H2,1H3. The maximum absolute atomic E-state index is 12.6. The Bertz CT molecular complexity index is 831. The number of carbonyl (C=O) groups excluding carboxylic acids is 1. The van der Waals surface area contributed by atoms with Crippen molar-refractivity contribution in [3.05, 3.63) is 72.1 Å². The van der Waals surface area contributed by atoms with Gasteiger partial charge in [-0.25, -0.2) is 0 Å². The van der Waals surface area contributed by atoms with Crippen LogP contribution in [-0.4, -0.2) is 34.0 Å². The van der Waals surface area contributed by atoms with Gasteiger partial charge in [0.05, 0.1) is 0 Å². The van der Waals surface area contributed by atoms with Crippen molar-refractivity contribution < 1.29 is 9.32 Å². The van der Waals surface area contributed by atoms with Gasteiger partial charge < -0.3 is 9.42 Å². The third-order valence-electron chi connectivity index (χ3n) is 4.41. The van der Waals surface area contributed by atoms with E-state index in [0.717, 1.165) is 24.9 Å². The molecule has 0 unspecified atom stereocenters. The monoisotopic (exact) mass is 363 g/mol. The Morgan fingerprint density at radius 3 is 2.37 bits per heavy atom. The Kier molecular flexibility index (Phi) is 6.74. The predicted octanol–water partition coefficient (Wildman–Crippen LogP) is 4.15. The van der Waals surface area contributed by atoms with Crippen LogP contribution in [-0.2, 0) is 17.6 Å². The molecule has 0 aliphatic heterocycles. The number of aryl methyl sites for hydroxylation is 1. The second kappa shape index (κ2) is 9.67. The topological polar surface area (TPSA) is 59.2 Å². The van der Waals surface area contributed by atoms with E-state index in [4.69, 9.17) is 4.52 Å². The summed E-state index contributed by atoms with van der Waals surface area (Å²) in [4.78, 5) is 19.0. The molecule has 2 aromatic carbocycles. The average molecular weight is 363 g/mol. The van der Waals surface area contributed by atoms with Crippen molar-refractivity contribution in [2.45, 2.75) is 32.6 Å². The average Bonchev–Trinajstić information content (AvgIpc) is 3.20. The third kappa shape index (κ3) is 5.51. The lowest BCUT2D eigenvalue weighted by Crippen LogP contribution is -2.33. The number of nitrogens with zero attached hydrogens (tertiary/aromatic N) is 3. The summed E-state index contributed by atoms with van der Waals surface area (Å²) in [5.74, 6) is 1.32. The molecule has 0 bridgehead atoms. The second-order valence-corrected chi connectivity index (χ2v) is 6.49. The summed E-state index contributed by atoms with van der Waals surface area (Å²) in [5.41, 5.74) is 2.11. The van der Waals surface area contributed by atoms with Crippen molar-refractivity contribution in [2.24, 2.45) is 0 Å². The maximum atomic E-state index is 12.6. The zero-order valence-electron chi connectivity index (χ0n) is 15.7. The predicted molar refractivity (Wildman–Crippen MR) is 105 cm³/mol. The van der Waals surface area contributed by atoms with Gasteiger partial charge in [0.2, 0.25) is 17.6 Å². The summed E-state index contributed by atoms with van der Waals surface area (Å²) < 4.78 is 5.36. The fourth-order valence-corrected chi connectivity index (χ4v) is 2.98. The number of hydrogen-bond acceptors (Lipinski definition) is 4. The van der Waals surface area contributed by atoms with Crippen LogP contribution in [0, 0.1) is 0 Å². The molecule has 3 rings (SSSR count). The van der Waals surface area contributed by atoms with Crippen LogP contribution in [0.3, 0.4) is 0 Å². The minimum absolute atomic E-state index is 0.170. The normalized spacial score (nSPS) is 10.7. The van der Waals surface area contributed by atoms with Crippen LogP contribution in [0.5, 0.6) is 0 Å². The summed E-state index contributed by atoms with van der Waals surface area (Å²) in [5, 5.41) is 4.04. The Labute approximate surface area is 160 Å². The third-order valence-corrected chi connectivity index (χ3v) is 4.41. The Hall–Kier alpha value is -2.95. The minimum Gasteiger partial charge on any atom is -0.342 e. The van der Waals surface area contributed by atoms with Gasteiger partial charge >= 0.3 is 0 Å². The molecule has 0 atom stereocenters. The minimum atomic E-state index is 0.170. The molecule has 5 heteroatoms. The molecule has 140 valence electrons. The molecule has 0 saturated carbocycles. The van der Waals surface area contributed by atoms with Crippen LogP contribution in [0.2, 0.25) is 0 Å². The Morgan fingerprint density at radius 1 is 0.963 bits per heavy atom. The van der Waals surface area contributed by atoms with Gasteiger partial charge in [-0.15, -0.1) is 0 Å². The van der Waals surface area contributed by atoms with E-state index >= 15 is 0 Å². The van der Waals surface area contributed by atoms with Crippen molar-refractivity contribution in [1.29, 1.82) is 0 Å². The van der Waals surface area contributed by atoms with Crippen LogP contribution < -0.4 is 0 Å². The quantitative estimate of drug-likeness (QED) is 0.573. The van der Waals surface area contributed by atoms with Gasteiger partial charge in [-0.2, -0.15) is 4.98 Å². The van der Waals surface area contributed by atoms with Crippen LogP contribution in [0.25, 0.3) is 11.4 Å². The van der Waals surface area contributed by atoms with Crippen molar-refractivity contribution in [2.75, 3.05) is 13.1 Å². The van der Waals surface area contributed by atoms with Gasteiger partial charge in [0.15, 0.2) is 0 Å². The van der Waals surface area contributed by atoms with Crippen molar-refractivity contribution in [1.82, 2.24) is 15.0 Å². The number of carbonyl (C=O) groups is 1. The van der Waals surface area contributed by atoms with E-state index < -0.39 is 0 Å². The van der Waals surface area contributed by atoms with E-state index in [-0.39, 0.29) is 5.91 Å². The molecule has 5 nitrogen and oxygen atoms in total. The molecule has 1 aromatic heterocycles. The maximum Gasteiger partial charge on any atom is 0.228 e. The summed E-state index contributed by atoms with van der Waals surface area (Å²) in [6.07, 6.45) is 2.77. The van der Waals surface area contributed by atoms with Gasteiger partial charge in [0.25, 0.3) is 0 Å². The highest BCUT2D eigenvalue weighted by atomic mass is 16.5. The Balaban J connectivity index is 1.55. The first kappa shape index (κ1) is 18.8. The highest BCUT2D eigenvalue weighted by Gasteiger charge is 2.15. The number of aromatic nitrogens is 2. The summed E-state index contributed by atoms with van der Waals surface area (Å²) in [6.45, 7) is 3.42. The highest BCUT2D eigenvalue weighted by molar-refractivity contribution is 5.76. The summed E-state index contributed by atoms with van der Waals surface area (Å²) in [7, 11) is 0. The molecule has 0 aliphatic rings. The number of benzene rings is 2. The van der Waals surface area contributed by atoms with Gasteiger partial charge in [0, 0.05) is 31.5 Å². The molecule has 0 radical (unpaired) electrons. The first-order valence-corrected chi connectivity index (χ1v) is 9.46. The number of hydrogen-bond donors (Lipinski definition) is 0. The molecule has 0 aliphatic carbocycles. The summed E-state index contributed by atoms with van der Waals surface area (Å²) >= 11 is 0. The molecule has 0 fully saturated rings. The molecule has 0 spiro atoms. The smallest absolute Gasteiger partial charge is 0.228 e. The van der Waals surface area contributed by atoms with Crippen molar-refractivity contribution in [3.63, 3.8) is 0 Å². The van der Waals surface area contributed by atoms with Crippen LogP contribution in [0.4, 0.5) is 0 Å². The van der Waals surface area contributed by atoms with Crippen LogP contribution in [0.1, 0.15) is 31.2 Å². The summed E-state index contributed by atoms with van der Waals surface area (Å²) in [6, 6.07) is 19.8. The van der Waals surface area contributed by atoms with Gasteiger partial charge in [0.1, 0.15) is 0 Å². The molecule has 1 amide bonds. The van der Waals surface area contributed by atoms with Crippen molar-refractivity contribution >= 4 is 5.91 Å². The van der Waals surface area contributed by atoms with E-state index in [1.54, 1.807) is 0 Å². The largest absolute Gasteiger partial charge is 0.342 e. The Morgan fingerprint density at radius 2 is 1.67 bits per heavy atom. The first-order chi connectivity index (χ1) is 13.3. The van der Waals surface area contributed by atoms with Gasteiger partial charge in [-0.1, -0.05) is 72.7 Å². The van der Waals surface area contributed by atoms with Crippen LogP contribution >= 0.6 is 0 Å². The zero-order valence-corrected chi connectivity index (χ0v) is 15.7. The van der Waals surface area contributed by atoms with E-state index in [1.807, 2.05) is 53.4 Å². The number of rotatable bonds is 9.